The Morgan fingerprint density at radius 2 is 2.08 bits per heavy atom. The molecule has 1 amide bonds. The minimum absolute atomic E-state index is 0.00561. The first-order valence-corrected chi connectivity index (χ1v) is 13.6. The van der Waals surface area contributed by atoms with Crippen LogP contribution in [0.25, 0.3) is 0 Å². The third-order valence-corrected chi connectivity index (χ3v) is 7.61. The van der Waals surface area contributed by atoms with E-state index in [4.69, 9.17) is 28.0 Å². The Bertz CT molecular complexity index is 1210. The van der Waals surface area contributed by atoms with Crippen LogP contribution in [0.3, 0.4) is 0 Å². The molecule has 1 fully saturated rings. The molecule has 0 radical (unpaired) electrons. The number of ether oxygens (including phenoxy) is 4. The predicted octanol–water partition coefficient (Wildman–Crippen LogP) is 2.08. The summed E-state index contributed by atoms with van der Waals surface area (Å²) in [4.78, 5) is 25.2. The lowest BCUT2D eigenvalue weighted by atomic mass is 9.98. The van der Waals surface area contributed by atoms with Crippen LogP contribution >= 0.6 is 7.75 Å². The van der Waals surface area contributed by atoms with Gasteiger partial charge in [-0.2, -0.15) is 5.09 Å². The first kappa shape index (κ1) is 28.8. The molecule has 0 saturated carbocycles. The minimum atomic E-state index is -4.38. The van der Waals surface area contributed by atoms with Gasteiger partial charge in [0.15, 0.2) is 23.4 Å². The number of halogens is 1. The number of aliphatic hydroxyl groups excluding tert-OH is 1. The summed E-state index contributed by atoms with van der Waals surface area (Å²) in [6, 6.07) is 3.29. The fourth-order valence-electron chi connectivity index (χ4n) is 4.01. The third kappa shape index (κ3) is 6.36. The molecule has 3 aliphatic rings. The second-order valence-electron chi connectivity index (χ2n) is 9.52. The normalized spacial score (nSPS) is 28.3. The SMILES string of the molecule is C=C1NC(=O)C=CN1[C@@H]1O[C@H](CO[P@](=O)(N[C@@H](C)C(=O)OC(C)C)Oc2ccc3c(c2)OCO3)[C@@H](O)[C@@]1(C)F. The Morgan fingerprint density at radius 3 is 2.77 bits per heavy atom. The summed E-state index contributed by atoms with van der Waals surface area (Å²) in [5.41, 5.74) is -2.35. The zero-order chi connectivity index (χ0) is 28.5. The molecule has 214 valence electrons. The summed E-state index contributed by atoms with van der Waals surface area (Å²) in [7, 11) is -4.38. The summed E-state index contributed by atoms with van der Waals surface area (Å²) < 4.78 is 62.1. The number of rotatable bonds is 10. The van der Waals surface area contributed by atoms with Crippen LogP contribution in [-0.4, -0.2) is 71.5 Å². The highest BCUT2D eigenvalue weighted by Crippen LogP contribution is 2.48. The summed E-state index contributed by atoms with van der Waals surface area (Å²) >= 11 is 0. The number of fused-ring (bicyclic) bond motifs is 1. The lowest BCUT2D eigenvalue weighted by molar-refractivity contribution is -0.149. The van der Waals surface area contributed by atoms with E-state index in [0.717, 1.165) is 13.0 Å². The Morgan fingerprint density at radius 1 is 1.36 bits per heavy atom. The molecule has 13 nitrogen and oxygen atoms in total. The molecule has 0 spiro atoms. The number of benzene rings is 1. The number of hydrogen-bond acceptors (Lipinski definition) is 11. The Hall–Kier alpha value is -3.16. The molecule has 0 aromatic heterocycles. The highest BCUT2D eigenvalue weighted by molar-refractivity contribution is 7.52. The molecule has 1 aromatic rings. The van der Waals surface area contributed by atoms with E-state index in [1.165, 1.54) is 30.2 Å². The van der Waals surface area contributed by atoms with E-state index >= 15 is 4.39 Å². The molecular formula is C24H31FN3O10P. The summed E-state index contributed by atoms with van der Waals surface area (Å²) in [5.74, 6) is -0.256. The van der Waals surface area contributed by atoms with E-state index < -0.39 is 62.5 Å². The lowest BCUT2D eigenvalue weighted by Crippen LogP contribution is -2.51. The molecule has 3 heterocycles. The monoisotopic (exact) mass is 571 g/mol. The molecule has 4 rings (SSSR count). The van der Waals surface area contributed by atoms with Gasteiger partial charge in [-0.05, 0) is 39.8 Å². The standard InChI is InChI=1S/C24H31FN3O10P/c1-13(2)36-22(31)14(3)27-39(32,38-16-6-7-17-18(10-16)34-12-33-17)35-11-19-21(30)24(5,25)23(37-19)28-9-8-20(29)26-15(28)4/h6-10,13-14,19,21,23,30H,4,11-12H2,1-3,5H3,(H,26,29)(H,27,32)/t14-,19+,21+,23+,24+,39+/m0/s1. The van der Waals surface area contributed by atoms with E-state index in [-0.39, 0.29) is 18.4 Å². The van der Waals surface area contributed by atoms with Crippen LogP contribution < -0.4 is 24.4 Å². The molecule has 3 N–H and O–H groups in total. The van der Waals surface area contributed by atoms with Gasteiger partial charge >= 0.3 is 13.7 Å². The Balaban J connectivity index is 1.51. The molecule has 1 aromatic carbocycles. The second kappa shape index (κ2) is 11.1. The van der Waals surface area contributed by atoms with Crippen LogP contribution in [0.2, 0.25) is 0 Å². The molecule has 6 atom stereocenters. The quantitative estimate of drug-likeness (QED) is 0.278. The van der Waals surface area contributed by atoms with E-state index in [2.05, 4.69) is 17.0 Å². The van der Waals surface area contributed by atoms with Gasteiger partial charge in [-0.3, -0.25) is 14.1 Å². The van der Waals surface area contributed by atoms with Crippen LogP contribution in [0.15, 0.2) is 42.9 Å². The van der Waals surface area contributed by atoms with Gasteiger partial charge in [-0.25, -0.2) is 8.96 Å². The van der Waals surface area contributed by atoms with Crippen molar-refractivity contribution in [1.82, 2.24) is 15.3 Å². The summed E-state index contributed by atoms with van der Waals surface area (Å²) in [6.07, 6.45) is -2.45. The topological polar surface area (TPSA) is 154 Å². The van der Waals surface area contributed by atoms with E-state index in [1.54, 1.807) is 19.9 Å². The number of nitrogens with one attached hydrogen (secondary N) is 2. The average molecular weight is 571 g/mol. The van der Waals surface area contributed by atoms with Crippen LogP contribution in [0.1, 0.15) is 27.7 Å². The summed E-state index contributed by atoms with van der Waals surface area (Å²) in [6.45, 7) is 8.92. The lowest BCUT2D eigenvalue weighted by Gasteiger charge is -2.35. The van der Waals surface area contributed by atoms with Crippen LogP contribution in [0.4, 0.5) is 4.39 Å². The number of amides is 1. The smallest absolute Gasteiger partial charge is 0.459 e. The zero-order valence-corrected chi connectivity index (χ0v) is 22.7. The van der Waals surface area contributed by atoms with Crippen molar-refractivity contribution >= 4 is 19.6 Å². The van der Waals surface area contributed by atoms with Gasteiger partial charge in [0.25, 0.3) is 5.91 Å². The van der Waals surface area contributed by atoms with Gasteiger partial charge in [0, 0.05) is 18.3 Å². The van der Waals surface area contributed by atoms with Crippen molar-refractivity contribution in [3.8, 4) is 17.2 Å². The highest BCUT2D eigenvalue weighted by atomic mass is 31.2. The largest absolute Gasteiger partial charge is 0.462 e. The van der Waals surface area contributed by atoms with E-state index in [1.807, 2.05) is 0 Å². The molecule has 0 aliphatic carbocycles. The van der Waals surface area contributed by atoms with Gasteiger partial charge < -0.3 is 38.8 Å². The van der Waals surface area contributed by atoms with Crippen molar-refractivity contribution in [3.05, 3.63) is 42.9 Å². The molecule has 1 saturated heterocycles. The fraction of sp³-hybridized carbons (Fsp3) is 0.500. The Kier molecular flexibility index (Phi) is 8.24. The number of carbonyl (C=O) groups is 2. The van der Waals surface area contributed by atoms with Crippen LogP contribution in [-0.2, 0) is 28.2 Å². The minimum Gasteiger partial charge on any atom is -0.462 e. The number of aliphatic hydroxyl groups is 1. The van der Waals surface area contributed by atoms with Gasteiger partial charge in [0.2, 0.25) is 6.79 Å². The molecule has 0 unspecified atom stereocenters. The van der Waals surface area contributed by atoms with Crippen LogP contribution in [0.5, 0.6) is 17.2 Å². The van der Waals surface area contributed by atoms with E-state index in [0.29, 0.717) is 11.5 Å². The van der Waals surface area contributed by atoms with Crippen molar-refractivity contribution in [1.29, 1.82) is 0 Å². The molecular weight excluding hydrogens is 540 g/mol. The maximum absolute atomic E-state index is 15.6. The first-order chi connectivity index (χ1) is 18.3. The maximum Gasteiger partial charge on any atom is 0.459 e. The van der Waals surface area contributed by atoms with Crippen molar-refractivity contribution < 1.29 is 51.6 Å². The van der Waals surface area contributed by atoms with Gasteiger partial charge in [0.05, 0.1) is 12.7 Å². The first-order valence-electron chi connectivity index (χ1n) is 12.1. The van der Waals surface area contributed by atoms with Gasteiger partial charge in [0.1, 0.15) is 29.8 Å². The van der Waals surface area contributed by atoms with Crippen molar-refractivity contribution in [2.75, 3.05) is 13.4 Å². The van der Waals surface area contributed by atoms with Gasteiger partial charge in [-0.15, -0.1) is 0 Å². The average Bonchev–Trinajstić information content (AvgIpc) is 3.39. The molecule has 15 heteroatoms. The maximum atomic E-state index is 15.6. The zero-order valence-electron chi connectivity index (χ0n) is 21.8. The predicted molar refractivity (Wildman–Crippen MR) is 133 cm³/mol. The molecule has 39 heavy (non-hydrogen) atoms. The number of carbonyl (C=O) groups excluding carboxylic acids is 2. The van der Waals surface area contributed by atoms with Gasteiger partial charge in [-0.1, -0.05) is 6.58 Å². The number of esters is 1. The fourth-order valence-corrected chi connectivity index (χ4v) is 5.51. The number of alkyl halides is 1. The number of nitrogens with zero attached hydrogens (tertiary/aromatic N) is 1. The number of hydrogen-bond donors (Lipinski definition) is 3. The molecule has 3 aliphatic heterocycles. The van der Waals surface area contributed by atoms with Crippen molar-refractivity contribution in [2.24, 2.45) is 0 Å². The van der Waals surface area contributed by atoms with E-state index in [9.17, 15) is 19.3 Å². The second-order valence-corrected chi connectivity index (χ2v) is 11.2. The third-order valence-electron chi connectivity index (χ3n) is 5.97. The summed E-state index contributed by atoms with van der Waals surface area (Å²) in [5, 5.41) is 15.7. The molecule has 0 bridgehead atoms. The highest BCUT2D eigenvalue weighted by Gasteiger charge is 2.57. The van der Waals surface area contributed by atoms with Crippen molar-refractivity contribution in [3.63, 3.8) is 0 Å². The Labute approximate surface area is 224 Å². The van der Waals surface area contributed by atoms with Crippen LogP contribution in [0, 0.1) is 0 Å². The van der Waals surface area contributed by atoms with Crippen molar-refractivity contribution in [2.45, 2.75) is 63.9 Å².